The van der Waals surface area contributed by atoms with Crippen LogP contribution < -0.4 is 4.74 Å². The SMILES string of the molecule is CCCCCCCCC1(CCCCCCCC)c2cc(-c3ccc(C)cc3)ccc2-c2ccc(-c3ccc4c(c3)C(CCCCCCCC)(CCCCCCCC)c3cc(-c5ccc(OC)cc5)ccc3-4)cc21. The van der Waals surface area contributed by atoms with Crippen molar-refractivity contribution in [3.63, 3.8) is 0 Å². The number of fused-ring (bicyclic) bond motifs is 6. The first-order chi connectivity index (χ1) is 35.9. The van der Waals surface area contributed by atoms with E-state index >= 15 is 0 Å². The maximum atomic E-state index is 5.60. The van der Waals surface area contributed by atoms with E-state index < -0.39 is 0 Å². The zero-order valence-corrected chi connectivity index (χ0v) is 46.8. The molecule has 0 atom stereocenters. The fourth-order valence-corrected chi connectivity index (χ4v) is 13.4. The van der Waals surface area contributed by atoms with Crippen LogP contribution in [-0.4, -0.2) is 7.11 Å². The first-order valence-corrected chi connectivity index (χ1v) is 30.2. The highest BCUT2D eigenvalue weighted by Crippen LogP contribution is 2.58. The summed E-state index contributed by atoms with van der Waals surface area (Å²) in [6, 6.07) is 48.5. The van der Waals surface area contributed by atoms with Gasteiger partial charge in [0, 0.05) is 10.8 Å². The Balaban J connectivity index is 1.23. The van der Waals surface area contributed by atoms with Gasteiger partial charge in [0.2, 0.25) is 0 Å². The smallest absolute Gasteiger partial charge is 0.118 e. The van der Waals surface area contributed by atoms with Crippen LogP contribution in [0, 0.1) is 6.92 Å². The Hall–Kier alpha value is -4.88. The predicted molar refractivity (Wildman–Crippen MR) is 318 cm³/mol. The summed E-state index contributed by atoms with van der Waals surface area (Å²) >= 11 is 0. The van der Waals surface area contributed by atoms with Crippen LogP contribution in [0.25, 0.3) is 55.6 Å². The number of methoxy groups -OCH3 is 1. The Morgan fingerprint density at radius 2 is 0.534 bits per heavy atom. The Morgan fingerprint density at radius 1 is 0.288 bits per heavy atom. The molecule has 6 aromatic carbocycles. The molecule has 0 fully saturated rings. The maximum absolute atomic E-state index is 5.60. The molecule has 0 radical (unpaired) electrons. The van der Waals surface area contributed by atoms with Gasteiger partial charge in [0.05, 0.1) is 7.11 Å². The minimum Gasteiger partial charge on any atom is -0.497 e. The number of hydrogen-bond acceptors (Lipinski definition) is 1. The second-order valence-corrected chi connectivity index (χ2v) is 22.9. The van der Waals surface area contributed by atoms with Crippen molar-refractivity contribution >= 4 is 0 Å². The van der Waals surface area contributed by atoms with Crippen molar-refractivity contribution in [2.24, 2.45) is 0 Å². The number of rotatable bonds is 32. The molecule has 73 heavy (non-hydrogen) atoms. The van der Waals surface area contributed by atoms with Crippen molar-refractivity contribution in [2.75, 3.05) is 7.11 Å². The average molecular weight is 976 g/mol. The largest absolute Gasteiger partial charge is 0.497 e. The first kappa shape index (κ1) is 54.4. The van der Waals surface area contributed by atoms with Crippen LogP contribution in [0.15, 0.2) is 121 Å². The topological polar surface area (TPSA) is 9.23 Å². The van der Waals surface area contributed by atoms with Gasteiger partial charge in [-0.2, -0.15) is 0 Å². The molecule has 388 valence electrons. The van der Waals surface area contributed by atoms with Crippen molar-refractivity contribution in [2.45, 2.75) is 225 Å². The molecule has 1 nitrogen and oxygen atoms in total. The van der Waals surface area contributed by atoms with Crippen molar-refractivity contribution in [3.05, 3.63) is 149 Å². The molecule has 0 saturated heterocycles. The summed E-state index contributed by atoms with van der Waals surface area (Å²) in [6.45, 7) is 11.6. The molecule has 0 heterocycles. The molecule has 0 bridgehead atoms. The summed E-state index contributed by atoms with van der Waals surface area (Å²) < 4.78 is 5.60. The van der Waals surface area contributed by atoms with E-state index in [9.17, 15) is 0 Å². The quantitative estimate of drug-likeness (QED) is 0.0383. The van der Waals surface area contributed by atoms with Gasteiger partial charge in [-0.25, -0.2) is 0 Å². The molecule has 0 saturated carbocycles. The van der Waals surface area contributed by atoms with Gasteiger partial charge in [-0.15, -0.1) is 0 Å². The van der Waals surface area contributed by atoms with E-state index in [0.29, 0.717) is 0 Å². The van der Waals surface area contributed by atoms with E-state index in [-0.39, 0.29) is 10.8 Å². The van der Waals surface area contributed by atoms with Crippen molar-refractivity contribution < 1.29 is 4.74 Å². The maximum Gasteiger partial charge on any atom is 0.118 e. The Morgan fingerprint density at radius 3 is 0.822 bits per heavy atom. The normalized spacial score (nSPS) is 13.7. The Labute approximate surface area is 445 Å². The van der Waals surface area contributed by atoms with Gasteiger partial charge in [-0.3, -0.25) is 0 Å². The van der Waals surface area contributed by atoms with Crippen molar-refractivity contribution in [1.29, 1.82) is 0 Å². The molecule has 6 aromatic rings. The van der Waals surface area contributed by atoms with E-state index in [0.717, 1.165) is 5.75 Å². The van der Waals surface area contributed by atoms with Gasteiger partial charge in [0.15, 0.2) is 0 Å². The van der Waals surface area contributed by atoms with E-state index in [2.05, 4.69) is 156 Å². The lowest BCUT2D eigenvalue weighted by atomic mass is 9.69. The summed E-state index contributed by atoms with van der Waals surface area (Å²) in [6.07, 6.45) is 36.7. The standard InChI is InChI=1S/C72H94O/c1-7-11-15-19-23-27-47-71(48-28-24-20-16-12-8-2)67-51-58(56-33-31-55(5)32-34-56)37-43-63(67)65-45-39-60(53-69(65)71)61-40-46-66-64-44-38-59(57-35-41-62(73-6)42-36-57)52-68(64)72(70(66)54-61,49-29-25-21-17-13-9-3)50-30-26-22-18-14-10-4/h31-46,51-54H,7-30,47-50H2,1-6H3. The molecular formula is C72H94O. The number of ether oxygens (including phenoxy) is 1. The van der Waals surface area contributed by atoms with E-state index in [1.165, 1.54) is 241 Å². The number of unbranched alkanes of at least 4 members (excludes halogenated alkanes) is 20. The Kier molecular flexibility index (Phi) is 20.2. The fourth-order valence-electron chi connectivity index (χ4n) is 13.4. The molecular weight excluding hydrogens is 881 g/mol. The van der Waals surface area contributed by atoms with Crippen LogP contribution in [-0.2, 0) is 10.8 Å². The summed E-state index contributed by atoms with van der Waals surface area (Å²) in [7, 11) is 1.77. The van der Waals surface area contributed by atoms with Crippen molar-refractivity contribution in [1.82, 2.24) is 0 Å². The minimum absolute atomic E-state index is 0.00102. The predicted octanol–water partition coefficient (Wildman–Crippen LogP) is 22.5. The molecule has 0 amide bonds. The molecule has 0 unspecified atom stereocenters. The van der Waals surface area contributed by atoms with Crippen LogP contribution in [0.4, 0.5) is 0 Å². The van der Waals surface area contributed by atoms with Crippen LogP contribution in [0.1, 0.15) is 235 Å². The summed E-state index contributed by atoms with van der Waals surface area (Å²) in [4.78, 5) is 0. The van der Waals surface area contributed by atoms with Gasteiger partial charge in [0.25, 0.3) is 0 Å². The third-order valence-electron chi connectivity index (χ3n) is 17.7. The molecule has 0 spiro atoms. The fraction of sp³-hybridized carbons (Fsp3) is 0.500. The van der Waals surface area contributed by atoms with Gasteiger partial charge < -0.3 is 4.74 Å². The molecule has 0 aliphatic heterocycles. The molecule has 2 aliphatic carbocycles. The highest BCUT2D eigenvalue weighted by atomic mass is 16.5. The summed E-state index contributed by atoms with van der Waals surface area (Å²) in [5.41, 5.74) is 21.6. The second-order valence-electron chi connectivity index (χ2n) is 22.9. The highest BCUT2D eigenvalue weighted by molar-refractivity contribution is 5.89. The molecule has 8 rings (SSSR count). The zero-order chi connectivity index (χ0) is 50.9. The van der Waals surface area contributed by atoms with Gasteiger partial charge in [-0.05, 0) is 147 Å². The van der Waals surface area contributed by atoms with E-state index in [1.54, 1.807) is 29.4 Å². The monoisotopic (exact) mass is 975 g/mol. The van der Waals surface area contributed by atoms with E-state index in [1.807, 2.05) is 0 Å². The lowest BCUT2D eigenvalue weighted by molar-refractivity contribution is 0.397. The van der Waals surface area contributed by atoms with Crippen molar-refractivity contribution in [3.8, 4) is 61.4 Å². The zero-order valence-electron chi connectivity index (χ0n) is 46.8. The Bertz CT molecular complexity index is 2590. The van der Waals surface area contributed by atoms with Gasteiger partial charge in [0.1, 0.15) is 5.75 Å². The van der Waals surface area contributed by atoms with Crippen LogP contribution in [0.5, 0.6) is 5.75 Å². The molecule has 0 aromatic heterocycles. The van der Waals surface area contributed by atoms with Crippen LogP contribution >= 0.6 is 0 Å². The third-order valence-corrected chi connectivity index (χ3v) is 17.7. The average Bonchev–Trinajstić information content (AvgIpc) is 3.85. The molecule has 0 N–H and O–H groups in total. The third kappa shape index (κ3) is 12.8. The number of aryl methyl sites for hydroxylation is 1. The number of benzene rings is 6. The highest BCUT2D eigenvalue weighted by Gasteiger charge is 2.44. The molecule has 2 aliphatic rings. The summed E-state index contributed by atoms with van der Waals surface area (Å²) in [5, 5.41) is 0. The lowest BCUT2D eigenvalue weighted by Gasteiger charge is -2.34. The van der Waals surface area contributed by atoms with Crippen LogP contribution in [0.3, 0.4) is 0 Å². The summed E-state index contributed by atoms with van der Waals surface area (Å²) in [5.74, 6) is 0.912. The first-order valence-electron chi connectivity index (χ1n) is 30.2. The second kappa shape index (κ2) is 27.1. The van der Waals surface area contributed by atoms with Crippen LogP contribution in [0.2, 0.25) is 0 Å². The van der Waals surface area contributed by atoms with E-state index in [4.69, 9.17) is 4.74 Å². The van der Waals surface area contributed by atoms with Gasteiger partial charge in [-0.1, -0.05) is 272 Å². The molecule has 1 heteroatoms. The number of hydrogen-bond donors (Lipinski definition) is 0. The lowest BCUT2D eigenvalue weighted by Crippen LogP contribution is -2.26. The minimum atomic E-state index is -0.0165. The van der Waals surface area contributed by atoms with Gasteiger partial charge >= 0.3 is 0 Å².